The quantitative estimate of drug-likeness (QED) is 0.834. The molecule has 1 amide bonds. The molecule has 3 heteroatoms. The van der Waals surface area contributed by atoms with Crippen LogP contribution in [0, 0.1) is 23.2 Å². The molecule has 2 fully saturated rings. The highest BCUT2D eigenvalue weighted by atomic mass is 16.2. The second-order valence-electron chi connectivity index (χ2n) is 6.08. The molecule has 2 saturated carbocycles. The largest absolute Gasteiger partial charge is 0.338 e. The van der Waals surface area contributed by atoms with Gasteiger partial charge in [-0.05, 0) is 31.6 Å². The van der Waals surface area contributed by atoms with Gasteiger partial charge in [0.2, 0.25) is 5.91 Å². The number of nitriles is 1. The predicted molar refractivity (Wildman–Crippen MR) is 70.7 cm³/mol. The number of nitrogens with zero attached hydrogens (tertiary/aromatic N) is 1. The Balaban J connectivity index is 1.96. The van der Waals surface area contributed by atoms with Crippen molar-refractivity contribution in [2.45, 2.75) is 70.3 Å². The van der Waals surface area contributed by atoms with E-state index in [-0.39, 0.29) is 11.8 Å². The van der Waals surface area contributed by atoms with Crippen LogP contribution >= 0.6 is 0 Å². The standard InChI is InChI=1S/C15H24N2O/c1-12(13-7-8-13)14(18)17-15(11-16)9-5-3-2-4-6-10-15/h12-13H,2-10H2,1H3,(H,17,18). The van der Waals surface area contributed by atoms with Gasteiger partial charge in [-0.15, -0.1) is 0 Å². The third-order valence-corrected chi connectivity index (χ3v) is 4.53. The second-order valence-corrected chi connectivity index (χ2v) is 6.08. The molecule has 0 spiro atoms. The highest BCUT2D eigenvalue weighted by molar-refractivity contribution is 5.80. The third-order valence-electron chi connectivity index (χ3n) is 4.53. The molecule has 3 nitrogen and oxygen atoms in total. The van der Waals surface area contributed by atoms with Gasteiger partial charge >= 0.3 is 0 Å². The van der Waals surface area contributed by atoms with E-state index in [0.29, 0.717) is 5.92 Å². The van der Waals surface area contributed by atoms with E-state index < -0.39 is 5.54 Å². The van der Waals surface area contributed by atoms with Crippen molar-refractivity contribution in [2.75, 3.05) is 0 Å². The summed E-state index contributed by atoms with van der Waals surface area (Å²) in [5.74, 6) is 0.745. The van der Waals surface area contributed by atoms with Gasteiger partial charge in [-0.3, -0.25) is 4.79 Å². The molecule has 0 aromatic rings. The van der Waals surface area contributed by atoms with Crippen LogP contribution in [-0.2, 0) is 4.79 Å². The molecule has 2 aliphatic rings. The fourth-order valence-electron chi connectivity index (χ4n) is 2.93. The molecule has 0 heterocycles. The minimum absolute atomic E-state index is 0.0839. The maximum atomic E-state index is 12.2. The molecule has 0 radical (unpaired) electrons. The molecular formula is C15H24N2O. The predicted octanol–water partition coefficient (Wildman–Crippen LogP) is 3.16. The van der Waals surface area contributed by atoms with Gasteiger partial charge < -0.3 is 5.32 Å². The average Bonchev–Trinajstić information content (AvgIpc) is 3.16. The van der Waals surface area contributed by atoms with Crippen molar-refractivity contribution in [1.82, 2.24) is 5.32 Å². The second kappa shape index (κ2) is 5.73. The van der Waals surface area contributed by atoms with Gasteiger partial charge in [-0.1, -0.05) is 39.0 Å². The van der Waals surface area contributed by atoms with Crippen LogP contribution in [0.2, 0.25) is 0 Å². The van der Waals surface area contributed by atoms with Crippen LogP contribution in [-0.4, -0.2) is 11.4 Å². The summed E-state index contributed by atoms with van der Waals surface area (Å²) in [5, 5.41) is 12.5. The molecule has 0 saturated heterocycles. The van der Waals surface area contributed by atoms with Crippen molar-refractivity contribution in [1.29, 1.82) is 5.26 Å². The van der Waals surface area contributed by atoms with Crippen molar-refractivity contribution < 1.29 is 4.79 Å². The van der Waals surface area contributed by atoms with Crippen LogP contribution in [0.25, 0.3) is 0 Å². The molecule has 0 aromatic carbocycles. The maximum absolute atomic E-state index is 12.2. The number of amides is 1. The first kappa shape index (κ1) is 13.4. The molecule has 18 heavy (non-hydrogen) atoms. The van der Waals surface area contributed by atoms with E-state index in [1.165, 1.54) is 32.1 Å². The number of carbonyl (C=O) groups is 1. The van der Waals surface area contributed by atoms with Gasteiger partial charge in [-0.2, -0.15) is 5.26 Å². The van der Waals surface area contributed by atoms with Crippen molar-refractivity contribution in [3.8, 4) is 6.07 Å². The molecule has 2 aliphatic carbocycles. The summed E-state index contributed by atoms with van der Waals surface area (Å²) in [6.45, 7) is 2.00. The molecule has 2 rings (SSSR count). The molecule has 1 atom stereocenters. The fraction of sp³-hybridized carbons (Fsp3) is 0.867. The molecule has 1 N–H and O–H groups in total. The zero-order valence-electron chi connectivity index (χ0n) is 11.4. The van der Waals surface area contributed by atoms with Crippen LogP contribution in [0.5, 0.6) is 0 Å². The topological polar surface area (TPSA) is 52.9 Å². The number of rotatable bonds is 3. The van der Waals surface area contributed by atoms with Crippen LogP contribution in [0.3, 0.4) is 0 Å². The third kappa shape index (κ3) is 3.25. The van der Waals surface area contributed by atoms with Crippen LogP contribution in [0.1, 0.15) is 64.7 Å². The summed E-state index contributed by atoms with van der Waals surface area (Å²) >= 11 is 0. The van der Waals surface area contributed by atoms with Crippen LogP contribution < -0.4 is 5.32 Å². The lowest BCUT2D eigenvalue weighted by atomic mass is 9.84. The SMILES string of the molecule is CC(C(=O)NC1(C#N)CCCCCCC1)C1CC1. The lowest BCUT2D eigenvalue weighted by molar-refractivity contribution is -0.126. The fourth-order valence-corrected chi connectivity index (χ4v) is 2.93. The first-order valence-corrected chi connectivity index (χ1v) is 7.40. The lowest BCUT2D eigenvalue weighted by Crippen LogP contribution is -2.49. The number of hydrogen-bond donors (Lipinski definition) is 1. The Hall–Kier alpha value is -1.04. The van der Waals surface area contributed by atoms with E-state index in [0.717, 1.165) is 25.7 Å². The Labute approximate surface area is 110 Å². The molecule has 0 aromatic heterocycles. The first-order chi connectivity index (χ1) is 8.67. The summed E-state index contributed by atoms with van der Waals surface area (Å²) in [6.07, 6.45) is 9.78. The van der Waals surface area contributed by atoms with Crippen molar-refractivity contribution in [2.24, 2.45) is 11.8 Å². The van der Waals surface area contributed by atoms with E-state index in [9.17, 15) is 10.1 Å². The van der Waals surface area contributed by atoms with Crippen molar-refractivity contribution in [3.63, 3.8) is 0 Å². The summed E-state index contributed by atoms with van der Waals surface area (Å²) in [4.78, 5) is 12.2. The van der Waals surface area contributed by atoms with E-state index in [1.54, 1.807) is 0 Å². The van der Waals surface area contributed by atoms with Gasteiger partial charge in [0, 0.05) is 5.92 Å². The van der Waals surface area contributed by atoms with Crippen LogP contribution in [0.4, 0.5) is 0 Å². The van der Waals surface area contributed by atoms with Crippen molar-refractivity contribution in [3.05, 3.63) is 0 Å². The number of nitrogens with one attached hydrogen (secondary N) is 1. The van der Waals surface area contributed by atoms with E-state index >= 15 is 0 Å². The Kier molecular flexibility index (Phi) is 4.27. The minimum atomic E-state index is -0.583. The Bertz CT molecular complexity index is 333. The average molecular weight is 248 g/mol. The summed E-state index contributed by atoms with van der Waals surface area (Å²) < 4.78 is 0. The Morgan fingerprint density at radius 2 is 1.78 bits per heavy atom. The zero-order valence-corrected chi connectivity index (χ0v) is 11.4. The highest BCUT2D eigenvalue weighted by Gasteiger charge is 2.37. The van der Waals surface area contributed by atoms with E-state index in [4.69, 9.17) is 0 Å². The summed E-state index contributed by atoms with van der Waals surface area (Å²) in [5.41, 5.74) is -0.583. The number of carbonyl (C=O) groups excluding carboxylic acids is 1. The molecule has 100 valence electrons. The molecule has 0 bridgehead atoms. The highest BCUT2D eigenvalue weighted by Crippen LogP contribution is 2.37. The molecular weight excluding hydrogens is 224 g/mol. The monoisotopic (exact) mass is 248 g/mol. The van der Waals surface area contributed by atoms with Gasteiger partial charge in [0.1, 0.15) is 5.54 Å². The normalized spacial score (nSPS) is 25.3. The summed E-state index contributed by atoms with van der Waals surface area (Å²) in [6, 6.07) is 2.40. The molecule has 0 aliphatic heterocycles. The minimum Gasteiger partial charge on any atom is -0.338 e. The van der Waals surface area contributed by atoms with E-state index in [1.807, 2.05) is 6.92 Å². The van der Waals surface area contributed by atoms with Gasteiger partial charge in [0.15, 0.2) is 0 Å². The molecule has 1 unspecified atom stereocenters. The van der Waals surface area contributed by atoms with Crippen LogP contribution in [0.15, 0.2) is 0 Å². The van der Waals surface area contributed by atoms with Gasteiger partial charge in [-0.25, -0.2) is 0 Å². The van der Waals surface area contributed by atoms with E-state index in [2.05, 4.69) is 11.4 Å². The lowest BCUT2D eigenvalue weighted by Gasteiger charge is -2.31. The van der Waals surface area contributed by atoms with Gasteiger partial charge in [0.05, 0.1) is 6.07 Å². The first-order valence-electron chi connectivity index (χ1n) is 7.40. The summed E-state index contributed by atoms with van der Waals surface area (Å²) in [7, 11) is 0. The van der Waals surface area contributed by atoms with Gasteiger partial charge in [0.25, 0.3) is 0 Å². The number of hydrogen-bond acceptors (Lipinski definition) is 2. The smallest absolute Gasteiger partial charge is 0.224 e. The zero-order chi connectivity index (χ0) is 13.0. The Morgan fingerprint density at radius 3 is 2.28 bits per heavy atom. The maximum Gasteiger partial charge on any atom is 0.224 e. The van der Waals surface area contributed by atoms with Crippen molar-refractivity contribution >= 4 is 5.91 Å². The Morgan fingerprint density at radius 1 is 1.22 bits per heavy atom.